The average Bonchev–Trinajstić information content (AvgIpc) is 2.64. The Kier molecular flexibility index (Phi) is 5.42. The number of halogens is 2. The number of nitrogens with one attached hydrogen (secondary N) is 2. The second kappa shape index (κ2) is 7.92. The molecular formula is C17H13Cl2N5O. The topological polar surface area (TPSA) is 79.8 Å². The molecule has 3 rings (SSSR count). The number of anilines is 2. The molecule has 8 heteroatoms. The van der Waals surface area contributed by atoms with Gasteiger partial charge in [-0.05, 0) is 30.3 Å². The molecule has 3 aromatic rings. The molecule has 6 nitrogen and oxygen atoms in total. The number of aromatic nitrogens is 3. The van der Waals surface area contributed by atoms with Gasteiger partial charge in [0.1, 0.15) is 11.5 Å². The average molecular weight is 374 g/mol. The van der Waals surface area contributed by atoms with Crippen LogP contribution in [-0.4, -0.2) is 20.9 Å². The van der Waals surface area contributed by atoms with E-state index in [1.165, 1.54) is 12.4 Å². The second-order valence-electron chi connectivity index (χ2n) is 5.04. The number of nitrogens with zero attached hydrogens (tertiary/aromatic N) is 3. The lowest BCUT2D eigenvalue weighted by atomic mass is 10.3. The zero-order valence-electron chi connectivity index (χ0n) is 12.9. The van der Waals surface area contributed by atoms with Crippen LogP contribution in [0.3, 0.4) is 0 Å². The number of carbonyl (C=O) groups is 1. The molecule has 0 spiro atoms. The zero-order valence-corrected chi connectivity index (χ0v) is 14.4. The van der Waals surface area contributed by atoms with Crippen LogP contribution >= 0.6 is 23.2 Å². The number of carbonyl (C=O) groups excluding carboxylic acids is 1. The van der Waals surface area contributed by atoms with Crippen LogP contribution in [0.4, 0.5) is 11.5 Å². The van der Waals surface area contributed by atoms with Crippen molar-refractivity contribution in [2.24, 2.45) is 0 Å². The molecule has 0 aliphatic carbocycles. The second-order valence-corrected chi connectivity index (χ2v) is 5.86. The number of pyridine rings is 1. The largest absolute Gasteiger partial charge is 0.345 e. The maximum absolute atomic E-state index is 12.1. The predicted molar refractivity (Wildman–Crippen MR) is 97.2 cm³/mol. The molecule has 0 saturated heterocycles. The van der Waals surface area contributed by atoms with Gasteiger partial charge in [-0.25, -0.2) is 9.97 Å². The lowest BCUT2D eigenvalue weighted by molar-refractivity contribution is 0.0945. The predicted octanol–water partition coefficient (Wildman–Crippen LogP) is 3.85. The molecule has 0 atom stereocenters. The minimum atomic E-state index is -0.320. The molecule has 0 aliphatic heterocycles. The molecule has 1 aromatic carbocycles. The van der Waals surface area contributed by atoms with Crippen molar-refractivity contribution in [1.29, 1.82) is 0 Å². The molecule has 0 aliphatic rings. The Morgan fingerprint density at radius 3 is 2.56 bits per heavy atom. The summed E-state index contributed by atoms with van der Waals surface area (Å²) in [6, 6.07) is 10.6. The quantitative estimate of drug-likeness (QED) is 0.709. The van der Waals surface area contributed by atoms with E-state index < -0.39 is 0 Å². The Morgan fingerprint density at radius 1 is 1.00 bits per heavy atom. The lowest BCUT2D eigenvalue weighted by Crippen LogP contribution is -2.24. The van der Waals surface area contributed by atoms with E-state index in [9.17, 15) is 4.79 Å². The van der Waals surface area contributed by atoms with Crippen molar-refractivity contribution in [3.63, 3.8) is 0 Å². The third kappa shape index (κ3) is 4.65. The molecule has 25 heavy (non-hydrogen) atoms. The number of hydrogen-bond acceptors (Lipinski definition) is 5. The highest BCUT2D eigenvalue weighted by atomic mass is 35.5. The van der Waals surface area contributed by atoms with E-state index in [4.69, 9.17) is 23.2 Å². The van der Waals surface area contributed by atoms with Crippen LogP contribution in [-0.2, 0) is 6.54 Å². The summed E-state index contributed by atoms with van der Waals surface area (Å²) in [6.45, 7) is 0.324. The van der Waals surface area contributed by atoms with Gasteiger partial charge in [0, 0.05) is 11.9 Å². The fourth-order valence-electron chi connectivity index (χ4n) is 2.00. The van der Waals surface area contributed by atoms with Gasteiger partial charge < -0.3 is 10.6 Å². The van der Waals surface area contributed by atoms with Crippen molar-refractivity contribution in [3.05, 3.63) is 76.4 Å². The maximum atomic E-state index is 12.1. The fourth-order valence-corrected chi connectivity index (χ4v) is 2.29. The normalized spacial score (nSPS) is 10.3. The summed E-state index contributed by atoms with van der Waals surface area (Å²) in [4.78, 5) is 24.5. The van der Waals surface area contributed by atoms with Crippen LogP contribution in [0, 0.1) is 0 Å². The number of rotatable bonds is 5. The summed E-state index contributed by atoms with van der Waals surface area (Å²) in [6.07, 6.45) is 4.54. The fraction of sp³-hybridized carbons (Fsp3) is 0.0588. The van der Waals surface area contributed by atoms with Crippen LogP contribution in [0.5, 0.6) is 0 Å². The van der Waals surface area contributed by atoms with Crippen LogP contribution < -0.4 is 10.6 Å². The van der Waals surface area contributed by atoms with Gasteiger partial charge in [-0.1, -0.05) is 29.3 Å². The molecule has 1 amide bonds. The van der Waals surface area contributed by atoms with Crippen molar-refractivity contribution in [1.82, 2.24) is 20.3 Å². The lowest BCUT2D eigenvalue weighted by Gasteiger charge is -2.07. The summed E-state index contributed by atoms with van der Waals surface area (Å²) >= 11 is 11.8. The van der Waals surface area contributed by atoms with Gasteiger partial charge in [0.05, 0.1) is 34.7 Å². The van der Waals surface area contributed by atoms with Gasteiger partial charge in [0.15, 0.2) is 0 Å². The molecule has 2 N–H and O–H groups in total. The van der Waals surface area contributed by atoms with Crippen LogP contribution in [0.1, 0.15) is 16.2 Å². The Labute approximate surface area is 154 Å². The van der Waals surface area contributed by atoms with E-state index >= 15 is 0 Å². The highest BCUT2D eigenvalue weighted by molar-refractivity contribution is 6.42. The Morgan fingerprint density at radius 2 is 1.88 bits per heavy atom. The summed E-state index contributed by atoms with van der Waals surface area (Å²) in [5, 5.41) is 6.69. The molecule has 0 unspecified atom stereocenters. The maximum Gasteiger partial charge on any atom is 0.271 e. The van der Waals surface area contributed by atoms with E-state index in [0.717, 1.165) is 11.4 Å². The van der Waals surface area contributed by atoms with E-state index in [-0.39, 0.29) is 11.6 Å². The van der Waals surface area contributed by atoms with Gasteiger partial charge in [-0.3, -0.25) is 9.78 Å². The van der Waals surface area contributed by atoms with E-state index in [1.807, 2.05) is 18.2 Å². The van der Waals surface area contributed by atoms with Gasteiger partial charge in [0.2, 0.25) is 0 Å². The standard InChI is InChI=1S/C17H13Cl2N5O/c18-13-5-4-11(7-14(13)19)24-16-10-21-15(9-22-16)17(25)23-8-12-3-1-2-6-20-12/h1-7,9-10H,8H2,(H,22,24)(H,23,25). The van der Waals surface area contributed by atoms with Crippen molar-refractivity contribution in [3.8, 4) is 0 Å². The van der Waals surface area contributed by atoms with Gasteiger partial charge in [-0.2, -0.15) is 0 Å². The summed E-state index contributed by atoms with van der Waals surface area (Å²) in [5.74, 6) is 0.166. The summed E-state index contributed by atoms with van der Waals surface area (Å²) in [5.41, 5.74) is 1.70. The van der Waals surface area contributed by atoms with E-state index in [0.29, 0.717) is 22.4 Å². The zero-order chi connectivity index (χ0) is 17.6. The third-order valence-electron chi connectivity index (χ3n) is 3.23. The SMILES string of the molecule is O=C(NCc1ccccn1)c1cnc(Nc2ccc(Cl)c(Cl)c2)cn1. The van der Waals surface area contributed by atoms with Gasteiger partial charge in [-0.15, -0.1) is 0 Å². The van der Waals surface area contributed by atoms with Crippen molar-refractivity contribution >= 4 is 40.6 Å². The van der Waals surface area contributed by atoms with E-state index in [2.05, 4.69) is 25.6 Å². The highest BCUT2D eigenvalue weighted by Crippen LogP contribution is 2.26. The molecule has 2 heterocycles. The van der Waals surface area contributed by atoms with Crippen LogP contribution in [0.15, 0.2) is 55.0 Å². The first kappa shape index (κ1) is 17.1. The first-order valence-electron chi connectivity index (χ1n) is 7.34. The summed E-state index contributed by atoms with van der Waals surface area (Å²) in [7, 11) is 0. The molecule has 0 saturated carbocycles. The van der Waals surface area contributed by atoms with Crippen LogP contribution in [0.25, 0.3) is 0 Å². The Balaban J connectivity index is 1.61. The van der Waals surface area contributed by atoms with Crippen molar-refractivity contribution in [2.45, 2.75) is 6.54 Å². The van der Waals surface area contributed by atoms with Crippen molar-refractivity contribution < 1.29 is 4.79 Å². The number of hydrogen-bond donors (Lipinski definition) is 2. The number of benzene rings is 1. The molecule has 0 bridgehead atoms. The van der Waals surface area contributed by atoms with Crippen LogP contribution in [0.2, 0.25) is 10.0 Å². The minimum absolute atomic E-state index is 0.218. The summed E-state index contributed by atoms with van der Waals surface area (Å²) < 4.78 is 0. The molecule has 126 valence electrons. The Hall–Kier alpha value is -2.70. The minimum Gasteiger partial charge on any atom is -0.345 e. The van der Waals surface area contributed by atoms with Gasteiger partial charge >= 0.3 is 0 Å². The van der Waals surface area contributed by atoms with Gasteiger partial charge in [0.25, 0.3) is 5.91 Å². The molecule has 2 aromatic heterocycles. The smallest absolute Gasteiger partial charge is 0.271 e. The highest BCUT2D eigenvalue weighted by Gasteiger charge is 2.08. The third-order valence-corrected chi connectivity index (χ3v) is 3.97. The molecular weight excluding hydrogens is 361 g/mol. The molecule has 0 radical (unpaired) electrons. The first-order chi connectivity index (χ1) is 12.1. The van der Waals surface area contributed by atoms with E-state index in [1.54, 1.807) is 24.4 Å². The first-order valence-corrected chi connectivity index (χ1v) is 8.09. The Bertz CT molecular complexity index is 872. The number of amides is 1. The molecule has 0 fully saturated rings. The monoisotopic (exact) mass is 373 g/mol. The van der Waals surface area contributed by atoms with Crippen molar-refractivity contribution in [2.75, 3.05) is 5.32 Å².